The average Bonchev–Trinajstić information content (AvgIpc) is 2.14. The van der Waals surface area contributed by atoms with Gasteiger partial charge in [0.2, 0.25) is 0 Å². The zero-order valence-electron chi connectivity index (χ0n) is 4.15. The summed E-state index contributed by atoms with van der Waals surface area (Å²) in [5, 5.41) is 1.76. The third-order valence-electron chi connectivity index (χ3n) is 1.02. The molecule has 0 aliphatic carbocycles. The highest BCUT2D eigenvalue weighted by Gasteiger charge is 2.06. The third kappa shape index (κ3) is 1.10. The van der Waals surface area contributed by atoms with E-state index in [1.807, 2.05) is 0 Å². The zero-order valence-corrected chi connectivity index (χ0v) is 4.15. The molecule has 0 radical (unpaired) electrons. The summed E-state index contributed by atoms with van der Waals surface area (Å²) in [6.07, 6.45) is 1.17. The van der Waals surface area contributed by atoms with Gasteiger partial charge in [0, 0.05) is 13.1 Å². The van der Waals surface area contributed by atoms with Crippen LogP contribution in [-0.4, -0.2) is 18.2 Å². The molecule has 4 nitrogen and oxygen atoms in total. The van der Waals surface area contributed by atoms with Crippen molar-refractivity contribution in [1.82, 2.24) is 16.1 Å². The second-order valence-corrected chi connectivity index (χ2v) is 1.54. The summed E-state index contributed by atoms with van der Waals surface area (Å²) < 4.78 is 0. The van der Waals surface area contributed by atoms with E-state index in [4.69, 9.17) is 5.84 Å². The van der Waals surface area contributed by atoms with Gasteiger partial charge in [-0.25, -0.2) is 5.43 Å². The van der Waals surface area contributed by atoms with Crippen LogP contribution in [0.2, 0.25) is 0 Å². The van der Waals surface area contributed by atoms with Crippen LogP contribution in [0.25, 0.3) is 0 Å². The lowest BCUT2D eigenvalue weighted by atomic mass is 10.5. The molecule has 1 rings (SSSR count). The molecule has 0 saturated carbocycles. The fraction of sp³-hybridized carbons (Fsp3) is 1.00. The number of hydrogen-bond donors (Lipinski definition) is 3. The molecule has 0 aromatic carbocycles. The highest BCUT2D eigenvalue weighted by Crippen LogP contribution is 1.87. The molecule has 4 heteroatoms. The second kappa shape index (κ2) is 2.23. The zero-order chi connectivity index (χ0) is 5.11. The van der Waals surface area contributed by atoms with Gasteiger partial charge in [0.05, 0.1) is 0 Å². The number of nitrogens with one attached hydrogen (secondary N) is 2. The predicted molar refractivity (Wildman–Crippen MR) is 26.6 cm³/mol. The van der Waals surface area contributed by atoms with Crippen LogP contribution in [0.4, 0.5) is 0 Å². The summed E-state index contributed by atoms with van der Waals surface area (Å²) in [4.78, 5) is 0. The molecule has 0 unspecified atom stereocenters. The number of hydrogen-bond acceptors (Lipinski definition) is 4. The largest absolute Gasteiger partial charge is 0.256 e. The summed E-state index contributed by atoms with van der Waals surface area (Å²) >= 11 is 0. The minimum atomic E-state index is 0.997. The summed E-state index contributed by atoms with van der Waals surface area (Å²) in [5.41, 5.74) is 5.49. The van der Waals surface area contributed by atoms with Crippen LogP contribution in [0.1, 0.15) is 6.42 Å². The van der Waals surface area contributed by atoms with Crippen LogP contribution >= 0.6 is 0 Å². The van der Waals surface area contributed by atoms with Crippen molar-refractivity contribution < 1.29 is 0 Å². The molecular formula is C3H10N4. The Kier molecular flexibility index (Phi) is 1.59. The van der Waals surface area contributed by atoms with Crippen LogP contribution in [-0.2, 0) is 0 Å². The van der Waals surface area contributed by atoms with Crippen molar-refractivity contribution in [2.45, 2.75) is 6.42 Å². The fourth-order valence-corrected chi connectivity index (χ4v) is 0.640. The highest BCUT2D eigenvalue weighted by molar-refractivity contribution is 4.53. The molecule has 4 N–H and O–H groups in total. The highest BCUT2D eigenvalue weighted by atomic mass is 15.8. The molecule has 1 fully saturated rings. The minimum Gasteiger partial charge on any atom is -0.256 e. The lowest BCUT2D eigenvalue weighted by molar-refractivity contribution is 0.167. The second-order valence-electron chi connectivity index (χ2n) is 1.54. The molecular weight excluding hydrogens is 92.1 g/mol. The molecule has 0 bridgehead atoms. The predicted octanol–water partition coefficient (Wildman–Crippen LogP) is -1.42. The molecule has 7 heavy (non-hydrogen) atoms. The van der Waals surface area contributed by atoms with Crippen molar-refractivity contribution >= 4 is 0 Å². The van der Waals surface area contributed by atoms with Crippen molar-refractivity contribution in [1.29, 1.82) is 0 Å². The van der Waals surface area contributed by atoms with E-state index in [9.17, 15) is 0 Å². The van der Waals surface area contributed by atoms with Gasteiger partial charge in [0.1, 0.15) is 0 Å². The van der Waals surface area contributed by atoms with Gasteiger partial charge < -0.3 is 0 Å². The molecule has 1 heterocycles. The lowest BCUT2D eigenvalue weighted by Gasteiger charge is -2.10. The van der Waals surface area contributed by atoms with E-state index in [2.05, 4.69) is 11.0 Å². The summed E-state index contributed by atoms with van der Waals surface area (Å²) in [6, 6.07) is 0. The number of nitrogens with two attached hydrogens (primary N) is 1. The SMILES string of the molecule is NNN1CCCN1. The van der Waals surface area contributed by atoms with E-state index in [1.165, 1.54) is 6.42 Å². The molecule has 0 aromatic heterocycles. The molecule has 1 aliphatic heterocycles. The Bertz CT molecular complexity index is 48.9. The standard InChI is InChI=1S/C3H10N4/c4-6-7-3-1-2-5-7/h5-6H,1-4H2. The van der Waals surface area contributed by atoms with Gasteiger partial charge in [-0.3, -0.25) is 5.84 Å². The van der Waals surface area contributed by atoms with Crippen molar-refractivity contribution in [2.24, 2.45) is 5.84 Å². The number of hydrazine groups is 3. The van der Waals surface area contributed by atoms with Gasteiger partial charge in [-0.05, 0) is 6.42 Å². The van der Waals surface area contributed by atoms with Crippen LogP contribution in [0.15, 0.2) is 0 Å². The summed E-state index contributed by atoms with van der Waals surface area (Å²) in [5.74, 6) is 5.05. The maximum atomic E-state index is 5.05. The first-order chi connectivity index (χ1) is 3.43. The molecule has 1 aliphatic rings. The van der Waals surface area contributed by atoms with E-state index < -0.39 is 0 Å². The number of rotatable bonds is 1. The Labute approximate surface area is 42.6 Å². The average molecular weight is 102 g/mol. The van der Waals surface area contributed by atoms with Crippen molar-refractivity contribution in [3.63, 3.8) is 0 Å². The van der Waals surface area contributed by atoms with Gasteiger partial charge in [0.25, 0.3) is 0 Å². The first-order valence-electron chi connectivity index (χ1n) is 2.41. The van der Waals surface area contributed by atoms with Crippen LogP contribution in [0.5, 0.6) is 0 Å². The van der Waals surface area contributed by atoms with E-state index in [0.717, 1.165) is 13.1 Å². The summed E-state index contributed by atoms with van der Waals surface area (Å²) in [7, 11) is 0. The third-order valence-corrected chi connectivity index (χ3v) is 1.02. The van der Waals surface area contributed by atoms with Gasteiger partial charge in [-0.1, -0.05) is 0 Å². The van der Waals surface area contributed by atoms with E-state index in [1.54, 1.807) is 5.12 Å². The smallest absolute Gasteiger partial charge is 0.0314 e. The van der Waals surface area contributed by atoms with E-state index in [-0.39, 0.29) is 0 Å². The van der Waals surface area contributed by atoms with Gasteiger partial charge >= 0.3 is 0 Å². The van der Waals surface area contributed by atoms with Crippen LogP contribution in [0.3, 0.4) is 0 Å². The van der Waals surface area contributed by atoms with Crippen LogP contribution in [0, 0.1) is 0 Å². The van der Waals surface area contributed by atoms with E-state index >= 15 is 0 Å². The van der Waals surface area contributed by atoms with Crippen molar-refractivity contribution in [2.75, 3.05) is 13.1 Å². The maximum Gasteiger partial charge on any atom is 0.0314 e. The summed E-state index contributed by atoms with van der Waals surface area (Å²) in [6.45, 7) is 2.03. The van der Waals surface area contributed by atoms with Gasteiger partial charge in [-0.15, -0.1) is 0 Å². The quantitative estimate of drug-likeness (QED) is 0.281. The minimum absolute atomic E-state index is 0.997. The van der Waals surface area contributed by atoms with Gasteiger partial charge in [0.15, 0.2) is 0 Å². The molecule has 0 spiro atoms. The van der Waals surface area contributed by atoms with Gasteiger partial charge in [-0.2, -0.15) is 10.7 Å². The monoisotopic (exact) mass is 102 g/mol. The Balaban J connectivity index is 2.14. The Morgan fingerprint density at radius 3 is 2.86 bits per heavy atom. The maximum absolute atomic E-state index is 5.05. The normalized spacial score (nSPS) is 23.6. The van der Waals surface area contributed by atoms with E-state index in [0.29, 0.717) is 0 Å². The van der Waals surface area contributed by atoms with Crippen molar-refractivity contribution in [3.05, 3.63) is 0 Å². The fourth-order valence-electron chi connectivity index (χ4n) is 0.640. The molecule has 0 amide bonds. The molecule has 42 valence electrons. The molecule has 0 atom stereocenters. The number of nitrogens with zero attached hydrogens (tertiary/aromatic N) is 1. The molecule has 0 aromatic rings. The Morgan fingerprint density at radius 2 is 2.57 bits per heavy atom. The van der Waals surface area contributed by atoms with Crippen molar-refractivity contribution in [3.8, 4) is 0 Å². The first-order valence-corrected chi connectivity index (χ1v) is 2.41. The first kappa shape index (κ1) is 4.99. The van der Waals surface area contributed by atoms with Crippen LogP contribution < -0.4 is 16.8 Å². The molecule has 1 saturated heterocycles. The topological polar surface area (TPSA) is 53.3 Å². The Hall–Kier alpha value is -0.160. The lowest BCUT2D eigenvalue weighted by Crippen LogP contribution is -2.47. The Morgan fingerprint density at radius 1 is 1.71 bits per heavy atom.